The minimum atomic E-state index is 0.383. The van der Waals surface area contributed by atoms with Crippen LogP contribution in [0.25, 0.3) is 0 Å². The Morgan fingerprint density at radius 2 is 2.05 bits per heavy atom. The quantitative estimate of drug-likeness (QED) is 0.878. The smallest absolute Gasteiger partial charge is 0.221 e. The number of nitrogens with zero attached hydrogens (tertiary/aromatic N) is 3. The zero-order valence-corrected chi connectivity index (χ0v) is 13.2. The first-order valence-corrected chi connectivity index (χ1v) is 6.96. The number of benzene rings is 1. The van der Waals surface area contributed by atoms with Gasteiger partial charge in [0.05, 0.1) is 25.2 Å². The fourth-order valence-corrected chi connectivity index (χ4v) is 2.20. The summed E-state index contributed by atoms with van der Waals surface area (Å²) in [6, 6.07) is 4.15. The standard InChI is InChI=1S/C16H22N4O/c1-10(2)14-7-13(11(3)6-15(14)21-5)8-18-20-9-12(4)19-16(20)17/h6-10H,1-5H3,(H2,17,19). The molecule has 0 unspecified atom stereocenters. The molecule has 0 radical (unpaired) electrons. The average molecular weight is 286 g/mol. The first-order chi connectivity index (χ1) is 9.92. The molecule has 2 N–H and O–H groups in total. The summed E-state index contributed by atoms with van der Waals surface area (Å²) in [4.78, 5) is 4.13. The van der Waals surface area contributed by atoms with Crippen molar-refractivity contribution in [3.05, 3.63) is 40.7 Å². The van der Waals surface area contributed by atoms with Gasteiger partial charge in [-0.25, -0.2) is 9.66 Å². The van der Waals surface area contributed by atoms with E-state index in [4.69, 9.17) is 10.5 Å². The Hall–Kier alpha value is -2.30. The van der Waals surface area contributed by atoms with Crippen molar-refractivity contribution in [1.82, 2.24) is 9.66 Å². The topological polar surface area (TPSA) is 65.4 Å². The van der Waals surface area contributed by atoms with Crippen LogP contribution in [0.2, 0.25) is 0 Å². The van der Waals surface area contributed by atoms with Crippen LogP contribution in [-0.2, 0) is 0 Å². The predicted molar refractivity (Wildman–Crippen MR) is 86.2 cm³/mol. The van der Waals surface area contributed by atoms with Crippen LogP contribution in [0.4, 0.5) is 5.95 Å². The van der Waals surface area contributed by atoms with Crippen LogP contribution in [0.1, 0.15) is 42.1 Å². The number of ether oxygens (including phenoxy) is 1. The molecule has 5 nitrogen and oxygen atoms in total. The molecule has 0 aliphatic carbocycles. The molecular weight excluding hydrogens is 264 g/mol. The van der Waals surface area contributed by atoms with Crippen molar-refractivity contribution < 1.29 is 4.74 Å². The molecule has 0 saturated carbocycles. The predicted octanol–water partition coefficient (Wildman–Crippen LogP) is 3.10. The highest BCUT2D eigenvalue weighted by Crippen LogP contribution is 2.29. The minimum Gasteiger partial charge on any atom is -0.496 e. The summed E-state index contributed by atoms with van der Waals surface area (Å²) in [5.74, 6) is 1.69. The van der Waals surface area contributed by atoms with Crippen molar-refractivity contribution in [2.24, 2.45) is 5.10 Å². The van der Waals surface area contributed by atoms with Crippen LogP contribution in [0.15, 0.2) is 23.4 Å². The van der Waals surface area contributed by atoms with Gasteiger partial charge in [0.15, 0.2) is 0 Å². The van der Waals surface area contributed by atoms with Crippen LogP contribution >= 0.6 is 0 Å². The maximum atomic E-state index is 5.79. The number of nitrogens with two attached hydrogens (primary N) is 1. The van der Waals surface area contributed by atoms with Gasteiger partial charge in [-0.15, -0.1) is 0 Å². The van der Waals surface area contributed by atoms with Crippen LogP contribution in [0, 0.1) is 13.8 Å². The van der Waals surface area contributed by atoms with Gasteiger partial charge in [0.25, 0.3) is 0 Å². The molecule has 2 rings (SSSR count). The highest BCUT2D eigenvalue weighted by Gasteiger charge is 2.10. The Balaban J connectivity index is 2.40. The number of hydrogen-bond donors (Lipinski definition) is 1. The normalized spacial score (nSPS) is 11.5. The second kappa shape index (κ2) is 5.99. The van der Waals surface area contributed by atoms with E-state index >= 15 is 0 Å². The van der Waals surface area contributed by atoms with E-state index in [2.05, 4.69) is 30.0 Å². The number of imidazole rings is 1. The highest BCUT2D eigenvalue weighted by atomic mass is 16.5. The van der Waals surface area contributed by atoms with E-state index in [1.807, 2.05) is 19.9 Å². The monoisotopic (exact) mass is 286 g/mol. The molecule has 0 aliphatic rings. The van der Waals surface area contributed by atoms with E-state index in [0.717, 1.165) is 22.6 Å². The first-order valence-electron chi connectivity index (χ1n) is 6.96. The molecule has 112 valence electrons. The SMILES string of the molecule is COc1cc(C)c(C=Nn2cc(C)nc2N)cc1C(C)C. The molecule has 0 amide bonds. The summed E-state index contributed by atoms with van der Waals surface area (Å²) in [6.07, 6.45) is 3.60. The first kappa shape index (κ1) is 15.1. The number of rotatable bonds is 4. The molecule has 0 atom stereocenters. The molecule has 0 spiro atoms. The van der Waals surface area contributed by atoms with E-state index in [9.17, 15) is 0 Å². The third-order valence-corrected chi connectivity index (χ3v) is 3.40. The third kappa shape index (κ3) is 3.24. The third-order valence-electron chi connectivity index (χ3n) is 3.40. The lowest BCUT2D eigenvalue weighted by molar-refractivity contribution is 0.407. The molecular formula is C16H22N4O. The molecule has 1 aromatic heterocycles. The summed E-state index contributed by atoms with van der Waals surface area (Å²) in [7, 11) is 1.70. The number of aromatic nitrogens is 2. The van der Waals surface area contributed by atoms with Crippen LogP contribution in [0.5, 0.6) is 5.75 Å². The van der Waals surface area contributed by atoms with Gasteiger partial charge in [-0.05, 0) is 48.6 Å². The molecule has 21 heavy (non-hydrogen) atoms. The average Bonchev–Trinajstić information content (AvgIpc) is 2.74. The Labute approximate surface area is 125 Å². The second-order valence-corrected chi connectivity index (χ2v) is 5.44. The van der Waals surface area contributed by atoms with Crippen molar-refractivity contribution in [2.45, 2.75) is 33.6 Å². The highest BCUT2D eigenvalue weighted by molar-refractivity contribution is 5.82. The van der Waals surface area contributed by atoms with Gasteiger partial charge in [-0.3, -0.25) is 0 Å². The lowest BCUT2D eigenvalue weighted by Crippen LogP contribution is -2.00. The molecule has 1 heterocycles. The number of anilines is 1. The zero-order chi connectivity index (χ0) is 15.6. The Bertz CT molecular complexity index is 671. The van der Waals surface area contributed by atoms with Crippen LogP contribution in [0.3, 0.4) is 0 Å². The fourth-order valence-electron chi connectivity index (χ4n) is 2.20. The van der Waals surface area contributed by atoms with Gasteiger partial charge in [-0.1, -0.05) is 13.8 Å². The number of methoxy groups -OCH3 is 1. The maximum absolute atomic E-state index is 5.79. The van der Waals surface area contributed by atoms with E-state index in [1.165, 1.54) is 5.56 Å². The molecule has 0 saturated heterocycles. The molecule has 1 aromatic carbocycles. The van der Waals surface area contributed by atoms with E-state index in [1.54, 1.807) is 24.2 Å². The Morgan fingerprint density at radius 3 is 2.57 bits per heavy atom. The van der Waals surface area contributed by atoms with E-state index in [0.29, 0.717) is 11.9 Å². The van der Waals surface area contributed by atoms with Crippen molar-refractivity contribution in [3.63, 3.8) is 0 Å². The Morgan fingerprint density at radius 1 is 1.33 bits per heavy atom. The van der Waals surface area contributed by atoms with Crippen molar-refractivity contribution in [2.75, 3.05) is 12.8 Å². The maximum Gasteiger partial charge on any atom is 0.221 e. The van der Waals surface area contributed by atoms with Gasteiger partial charge in [-0.2, -0.15) is 5.10 Å². The molecule has 2 aromatic rings. The lowest BCUT2D eigenvalue weighted by atomic mass is 9.97. The molecule has 0 aliphatic heterocycles. The van der Waals surface area contributed by atoms with E-state index in [-0.39, 0.29) is 0 Å². The second-order valence-electron chi connectivity index (χ2n) is 5.44. The Kier molecular flexibility index (Phi) is 4.31. The summed E-state index contributed by atoms with van der Waals surface area (Å²) >= 11 is 0. The van der Waals surface area contributed by atoms with Gasteiger partial charge >= 0.3 is 0 Å². The summed E-state index contributed by atoms with van der Waals surface area (Å²) in [6.45, 7) is 8.21. The van der Waals surface area contributed by atoms with Crippen molar-refractivity contribution in [3.8, 4) is 5.75 Å². The van der Waals surface area contributed by atoms with Crippen LogP contribution < -0.4 is 10.5 Å². The van der Waals surface area contributed by atoms with Gasteiger partial charge in [0.1, 0.15) is 5.75 Å². The van der Waals surface area contributed by atoms with Crippen molar-refractivity contribution >= 4 is 12.2 Å². The van der Waals surface area contributed by atoms with Gasteiger partial charge < -0.3 is 10.5 Å². The molecule has 0 fully saturated rings. The van der Waals surface area contributed by atoms with Crippen LogP contribution in [-0.4, -0.2) is 23.0 Å². The number of hydrogen-bond acceptors (Lipinski definition) is 4. The largest absolute Gasteiger partial charge is 0.496 e. The lowest BCUT2D eigenvalue weighted by Gasteiger charge is -2.14. The number of aryl methyl sites for hydroxylation is 2. The molecule has 5 heteroatoms. The molecule has 0 bridgehead atoms. The summed E-state index contributed by atoms with van der Waals surface area (Å²) < 4.78 is 7.03. The van der Waals surface area contributed by atoms with E-state index < -0.39 is 0 Å². The fraction of sp³-hybridized carbons (Fsp3) is 0.375. The number of nitrogen functional groups attached to an aromatic ring is 1. The zero-order valence-electron chi connectivity index (χ0n) is 13.2. The minimum absolute atomic E-state index is 0.383. The van der Waals surface area contributed by atoms with Gasteiger partial charge in [0, 0.05) is 0 Å². The van der Waals surface area contributed by atoms with Gasteiger partial charge in [0.2, 0.25) is 5.95 Å². The van der Waals surface area contributed by atoms with Crippen molar-refractivity contribution in [1.29, 1.82) is 0 Å². The summed E-state index contributed by atoms with van der Waals surface area (Å²) in [5, 5.41) is 4.38. The summed E-state index contributed by atoms with van der Waals surface area (Å²) in [5.41, 5.74) is 9.95.